The Balaban J connectivity index is 4.32. The van der Waals surface area contributed by atoms with Crippen molar-refractivity contribution < 1.29 is 24.2 Å². The number of carbonyl (C=O) groups excluding carboxylic acids is 2. The molecule has 2 amide bonds. The van der Waals surface area contributed by atoms with E-state index in [0.717, 1.165) is 0 Å². The summed E-state index contributed by atoms with van der Waals surface area (Å²) in [6, 6.07) is 0. The minimum absolute atomic E-state index is 0.220. The van der Waals surface area contributed by atoms with Gasteiger partial charge in [-0.2, -0.15) is 0 Å². The first-order valence-corrected chi connectivity index (χ1v) is 5.19. The van der Waals surface area contributed by atoms with Gasteiger partial charge in [0.15, 0.2) is 0 Å². The number of amides is 2. The van der Waals surface area contributed by atoms with Gasteiger partial charge in [0.1, 0.15) is 11.0 Å². The Morgan fingerprint density at radius 2 is 1.93 bits per heavy atom. The molecule has 0 rings (SSSR count). The van der Waals surface area contributed by atoms with Crippen molar-refractivity contribution in [3.63, 3.8) is 0 Å². The van der Waals surface area contributed by atoms with Crippen LogP contribution in [0.3, 0.4) is 0 Å². The molecule has 0 fully saturated rings. The van der Waals surface area contributed by atoms with E-state index < -0.39 is 33.6 Å². The number of hydroxylamine groups is 2. The first-order chi connectivity index (χ1) is 6.56. The highest BCUT2D eigenvalue weighted by atomic mass is 32.2. The second-order valence-electron chi connectivity index (χ2n) is 2.43. The predicted molar refractivity (Wildman–Crippen MR) is 46.9 cm³/mol. The van der Waals surface area contributed by atoms with Crippen molar-refractivity contribution in [2.75, 3.05) is 5.75 Å². The van der Waals surface area contributed by atoms with E-state index in [4.69, 9.17) is 10.4 Å². The van der Waals surface area contributed by atoms with E-state index >= 15 is 0 Å². The highest BCUT2D eigenvalue weighted by molar-refractivity contribution is 7.87. The second-order valence-corrected chi connectivity index (χ2v) is 4.05. The van der Waals surface area contributed by atoms with Gasteiger partial charge >= 0.3 is 0 Å². The zero-order valence-electron chi connectivity index (χ0n) is 7.52. The molecule has 0 heterocycles. The molecule has 0 aliphatic rings. The van der Waals surface area contributed by atoms with Crippen molar-refractivity contribution in [3.05, 3.63) is 0 Å². The summed E-state index contributed by atoms with van der Waals surface area (Å²) in [5, 5.41) is 15.5. The Morgan fingerprint density at radius 1 is 1.36 bits per heavy atom. The lowest BCUT2D eigenvalue weighted by atomic mass is 10.3. The molecule has 0 aromatic carbocycles. The third-order valence-electron chi connectivity index (χ3n) is 1.49. The predicted octanol–water partition coefficient (Wildman–Crippen LogP) is -1.48. The zero-order valence-corrected chi connectivity index (χ0v) is 8.34. The normalized spacial score (nSPS) is 14.2. The summed E-state index contributed by atoms with van der Waals surface area (Å²) in [7, 11) is -1.76. The lowest BCUT2D eigenvalue weighted by Crippen LogP contribution is -2.38. The van der Waals surface area contributed by atoms with E-state index in [1.165, 1.54) is 11.0 Å². The fourth-order valence-electron chi connectivity index (χ4n) is 0.825. The van der Waals surface area contributed by atoms with Crippen molar-refractivity contribution in [3.8, 4) is 0 Å². The smallest absolute Gasteiger partial charge is 0.259 e. The minimum Gasteiger partial charge on any atom is -0.289 e. The molecule has 0 saturated heterocycles. The minimum atomic E-state index is -1.76. The van der Waals surface area contributed by atoms with Crippen LogP contribution in [0.4, 0.5) is 0 Å². The molecule has 0 saturated carbocycles. The highest BCUT2D eigenvalue weighted by Gasteiger charge is 2.24. The molecule has 0 bridgehead atoms. The standard InChI is InChI=1S/C6H12N2O5S/c1-2-4(6(10)8-12)14(13)3-5(9)7-11/h4,11-12H,2-3H2,1H3,(H,7,9)(H,8,10). The van der Waals surface area contributed by atoms with Crippen LogP contribution in [-0.4, -0.2) is 37.4 Å². The molecule has 7 nitrogen and oxygen atoms in total. The maximum absolute atomic E-state index is 11.3. The Hall–Kier alpha value is -0.990. The summed E-state index contributed by atoms with van der Waals surface area (Å²) in [4.78, 5) is 21.5. The van der Waals surface area contributed by atoms with Crippen LogP contribution in [0, 0.1) is 0 Å². The number of rotatable bonds is 5. The van der Waals surface area contributed by atoms with E-state index in [2.05, 4.69) is 0 Å². The fraction of sp³-hybridized carbons (Fsp3) is 0.667. The quantitative estimate of drug-likeness (QED) is 0.336. The molecule has 2 unspecified atom stereocenters. The summed E-state index contributed by atoms with van der Waals surface area (Å²) in [6.07, 6.45) is 0.220. The molecular weight excluding hydrogens is 212 g/mol. The lowest BCUT2D eigenvalue weighted by Gasteiger charge is -2.10. The van der Waals surface area contributed by atoms with Crippen LogP contribution < -0.4 is 11.0 Å². The fourth-order valence-corrected chi connectivity index (χ4v) is 2.01. The van der Waals surface area contributed by atoms with Gasteiger partial charge in [0.25, 0.3) is 11.8 Å². The molecule has 14 heavy (non-hydrogen) atoms. The van der Waals surface area contributed by atoms with Crippen LogP contribution in [0.25, 0.3) is 0 Å². The van der Waals surface area contributed by atoms with E-state index in [9.17, 15) is 13.8 Å². The van der Waals surface area contributed by atoms with Crippen molar-refractivity contribution in [2.24, 2.45) is 0 Å². The zero-order chi connectivity index (χ0) is 11.1. The molecule has 0 aliphatic heterocycles. The van der Waals surface area contributed by atoms with Crippen molar-refractivity contribution in [2.45, 2.75) is 18.6 Å². The van der Waals surface area contributed by atoms with E-state index in [1.54, 1.807) is 6.92 Å². The average Bonchev–Trinajstić information content (AvgIpc) is 2.18. The van der Waals surface area contributed by atoms with Gasteiger partial charge in [-0.25, -0.2) is 11.0 Å². The largest absolute Gasteiger partial charge is 0.289 e. The van der Waals surface area contributed by atoms with E-state index in [0.29, 0.717) is 0 Å². The second kappa shape index (κ2) is 6.46. The molecule has 0 aromatic heterocycles. The van der Waals surface area contributed by atoms with Crippen molar-refractivity contribution in [1.29, 1.82) is 0 Å². The van der Waals surface area contributed by atoms with Gasteiger partial charge in [-0.05, 0) is 6.42 Å². The number of nitrogens with one attached hydrogen (secondary N) is 2. The summed E-state index contributed by atoms with van der Waals surface area (Å²) in [6.45, 7) is 1.59. The molecule has 2 atom stereocenters. The summed E-state index contributed by atoms with van der Waals surface area (Å²) >= 11 is 0. The van der Waals surface area contributed by atoms with Gasteiger partial charge in [0, 0.05) is 10.8 Å². The van der Waals surface area contributed by atoms with E-state index in [1.807, 2.05) is 0 Å². The lowest BCUT2D eigenvalue weighted by molar-refractivity contribution is -0.128. The third kappa shape index (κ3) is 3.81. The van der Waals surface area contributed by atoms with Crippen molar-refractivity contribution >= 4 is 22.6 Å². The monoisotopic (exact) mass is 224 g/mol. The van der Waals surface area contributed by atoms with E-state index in [-0.39, 0.29) is 6.42 Å². The number of hydrogen-bond donors (Lipinski definition) is 4. The molecule has 8 heteroatoms. The maximum Gasteiger partial charge on any atom is 0.259 e. The van der Waals surface area contributed by atoms with Crippen LogP contribution in [0.15, 0.2) is 0 Å². The van der Waals surface area contributed by atoms with Gasteiger partial charge in [-0.15, -0.1) is 0 Å². The molecule has 0 radical (unpaired) electrons. The first-order valence-electron chi connectivity index (χ1n) is 3.80. The summed E-state index contributed by atoms with van der Waals surface area (Å²) in [5.74, 6) is -2.13. The van der Waals surface area contributed by atoms with Crippen LogP contribution >= 0.6 is 0 Å². The van der Waals surface area contributed by atoms with Gasteiger partial charge in [0.2, 0.25) is 0 Å². The highest BCUT2D eigenvalue weighted by Crippen LogP contribution is 2.02. The van der Waals surface area contributed by atoms with Gasteiger partial charge in [0.05, 0.1) is 0 Å². The van der Waals surface area contributed by atoms with Gasteiger partial charge in [-0.1, -0.05) is 6.92 Å². The first kappa shape index (κ1) is 13.0. The van der Waals surface area contributed by atoms with Crippen LogP contribution in [-0.2, 0) is 20.4 Å². The summed E-state index contributed by atoms with van der Waals surface area (Å²) < 4.78 is 11.3. The number of carbonyl (C=O) groups is 2. The molecule has 0 aromatic rings. The van der Waals surface area contributed by atoms with Crippen LogP contribution in [0.5, 0.6) is 0 Å². The Morgan fingerprint density at radius 3 is 2.29 bits per heavy atom. The molecular formula is C6H12N2O5S. The number of hydrogen-bond acceptors (Lipinski definition) is 5. The topological polar surface area (TPSA) is 116 Å². The SMILES string of the molecule is CCC(C(=O)NO)S(=O)CC(=O)NO. The Labute approximate surface area is 82.9 Å². The Bertz CT molecular complexity index is 244. The molecule has 4 N–H and O–H groups in total. The van der Waals surface area contributed by atoms with Crippen LogP contribution in [0.1, 0.15) is 13.3 Å². The molecule has 82 valence electrons. The van der Waals surface area contributed by atoms with Crippen molar-refractivity contribution in [1.82, 2.24) is 11.0 Å². The third-order valence-corrected chi connectivity index (χ3v) is 3.22. The van der Waals surface area contributed by atoms with Gasteiger partial charge in [-0.3, -0.25) is 24.2 Å². The molecule has 0 aliphatic carbocycles. The average molecular weight is 224 g/mol. The Kier molecular flexibility index (Phi) is 6.00. The van der Waals surface area contributed by atoms with Crippen LogP contribution in [0.2, 0.25) is 0 Å². The summed E-state index contributed by atoms with van der Waals surface area (Å²) in [5.41, 5.74) is 2.67. The molecule has 0 spiro atoms. The van der Waals surface area contributed by atoms with Gasteiger partial charge < -0.3 is 0 Å². The maximum atomic E-state index is 11.3.